The summed E-state index contributed by atoms with van der Waals surface area (Å²) in [7, 11) is 1.32. The largest absolute Gasteiger partial charge is 0.467 e. The third kappa shape index (κ3) is 5.88. The van der Waals surface area contributed by atoms with Crippen molar-refractivity contribution in [3.05, 3.63) is 72.7 Å². The van der Waals surface area contributed by atoms with E-state index in [2.05, 4.69) is 10.3 Å². The Bertz CT molecular complexity index is 1040. The third-order valence-corrected chi connectivity index (χ3v) is 4.62. The fourth-order valence-corrected chi connectivity index (χ4v) is 3.16. The molecule has 3 rings (SSSR count). The van der Waals surface area contributed by atoms with Gasteiger partial charge < -0.3 is 10.1 Å². The molecule has 160 valence electrons. The Morgan fingerprint density at radius 2 is 1.94 bits per heavy atom. The van der Waals surface area contributed by atoms with Gasteiger partial charge in [-0.25, -0.2) is 9.48 Å². The molecule has 1 unspecified atom stereocenters. The molecule has 0 fully saturated rings. The summed E-state index contributed by atoms with van der Waals surface area (Å²) in [5.41, 5.74) is 3.20. The second-order valence-electron chi connectivity index (χ2n) is 7.50. The van der Waals surface area contributed by atoms with Crippen LogP contribution < -0.4 is 5.32 Å². The average Bonchev–Trinajstić information content (AvgIpc) is 3.22. The Labute approximate surface area is 181 Å². The van der Waals surface area contributed by atoms with Crippen molar-refractivity contribution in [2.24, 2.45) is 5.92 Å². The van der Waals surface area contributed by atoms with Gasteiger partial charge in [0, 0.05) is 35.8 Å². The summed E-state index contributed by atoms with van der Waals surface area (Å²) in [6.07, 6.45) is 8.87. The van der Waals surface area contributed by atoms with Crippen LogP contribution in [-0.2, 0) is 14.3 Å². The molecule has 0 aliphatic heterocycles. The molecule has 1 aromatic carbocycles. The van der Waals surface area contributed by atoms with Crippen molar-refractivity contribution in [2.75, 3.05) is 7.11 Å². The third-order valence-electron chi connectivity index (χ3n) is 4.62. The lowest BCUT2D eigenvalue weighted by Crippen LogP contribution is -2.41. The van der Waals surface area contributed by atoms with Crippen LogP contribution in [0.4, 0.5) is 0 Å². The molecule has 7 nitrogen and oxygen atoms in total. The van der Waals surface area contributed by atoms with Gasteiger partial charge in [-0.3, -0.25) is 9.78 Å². The number of nitrogens with one attached hydrogen (secondary N) is 1. The quantitative estimate of drug-likeness (QED) is 0.446. The highest BCUT2D eigenvalue weighted by Gasteiger charge is 2.21. The number of benzene rings is 1. The highest BCUT2D eigenvalue weighted by molar-refractivity contribution is 5.95. The number of ether oxygens (including phenoxy) is 1. The number of rotatable bonds is 8. The van der Waals surface area contributed by atoms with Gasteiger partial charge in [0.25, 0.3) is 0 Å². The van der Waals surface area contributed by atoms with Crippen molar-refractivity contribution in [2.45, 2.75) is 26.3 Å². The number of para-hydroxylation sites is 1. The summed E-state index contributed by atoms with van der Waals surface area (Å²) >= 11 is 0. The monoisotopic (exact) mass is 418 g/mol. The number of hydrogen-bond acceptors (Lipinski definition) is 5. The highest BCUT2D eigenvalue weighted by atomic mass is 16.5. The van der Waals surface area contributed by atoms with E-state index in [-0.39, 0.29) is 11.8 Å². The molecular formula is C24H26N4O3. The van der Waals surface area contributed by atoms with Crippen LogP contribution in [0, 0.1) is 5.92 Å². The summed E-state index contributed by atoms with van der Waals surface area (Å²) in [5.74, 6) is -0.598. The lowest BCUT2D eigenvalue weighted by molar-refractivity contribution is -0.145. The van der Waals surface area contributed by atoms with Crippen molar-refractivity contribution in [1.29, 1.82) is 0 Å². The van der Waals surface area contributed by atoms with Gasteiger partial charge in [0.05, 0.1) is 12.8 Å². The minimum atomic E-state index is -0.688. The molecule has 3 aromatic rings. The van der Waals surface area contributed by atoms with Gasteiger partial charge in [-0.05, 0) is 42.7 Å². The Kier molecular flexibility index (Phi) is 7.32. The minimum Gasteiger partial charge on any atom is -0.467 e. The van der Waals surface area contributed by atoms with Gasteiger partial charge in [-0.2, -0.15) is 5.10 Å². The van der Waals surface area contributed by atoms with E-state index in [4.69, 9.17) is 9.84 Å². The molecule has 2 heterocycles. The predicted octanol–water partition coefficient (Wildman–Crippen LogP) is 3.65. The molecular weight excluding hydrogens is 392 g/mol. The number of carbonyl (C=O) groups excluding carboxylic acids is 2. The molecule has 0 spiro atoms. The second kappa shape index (κ2) is 10.3. The molecule has 0 bridgehead atoms. The second-order valence-corrected chi connectivity index (χ2v) is 7.50. The maximum atomic E-state index is 12.5. The molecule has 0 saturated carbocycles. The molecule has 2 aromatic heterocycles. The SMILES string of the molecule is COC(=O)C(CC(C)C)NC(=O)/C=C/c1cn(-c2ccccc2)nc1-c1cccnc1. The van der Waals surface area contributed by atoms with Crippen molar-refractivity contribution in [3.8, 4) is 16.9 Å². The Morgan fingerprint density at radius 1 is 1.16 bits per heavy atom. The minimum absolute atomic E-state index is 0.231. The fraction of sp³-hybridized carbons (Fsp3) is 0.250. The van der Waals surface area contributed by atoms with E-state index >= 15 is 0 Å². The molecule has 0 aliphatic rings. The number of pyridine rings is 1. The van der Waals surface area contributed by atoms with Crippen LogP contribution in [-0.4, -0.2) is 39.8 Å². The van der Waals surface area contributed by atoms with Crippen LogP contribution in [0.3, 0.4) is 0 Å². The van der Waals surface area contributed by atoms with Crippen LogP contribution in [0.2, 0.25) is 0 Å². The van der Waals surface area contributed by atoms with Crippen LogP contribution in [0.15, 0.2) is 67.1 Å². The fourth-order valence-electron chi connectivity index (χ4n) is 3.16. The van der Waals surface area contributed by atoms with Gasteiger partial charge in [0.2, 0.25) is 5.91 Å². The molecule has 1 N–H and O–H groups in total. The summed E-state index contributed by atoms with van der Waals surface area (Å²) in [5, 5.41) is 7.42. The molecule has 0 radical (unpaired) electrons. The number of esters is 1. The standard InChI is InChI=1S/C24H26N4O3/c1-17(2)14-21(24(30)31-3)26-22(29)12-11-19-16-28(20-9-5-4-6-10-20)27-23(19)18-8-7-13-25-15-18/h4-13,15-17,21H,14H2,1-3H3,(H,26,29)/b12-11+. The highest BCUT2D eigenvalue weighted by Crippen LogP contribution is 2.24. The molecule has 0 saturated heterocycles. The first-order valence-corrected chi connectivity index (χ1v) is 10.1. The van der Waals surface area contributed by atoms with Gasteiger partial charge in [0.15, 0.2) is 0 Å². The van der Waals surface area contributed by atoms with Crippen molar-refractivity contribution in [1.82, 2.24) is 20.1 Å². The van der Waals surface area contributed by atoms with Crippen LogP contribution >= 0.6 is 0 Å². The topological polar surface area (TPSA) is 86.1 Å². The van der Waals surface area contributed by atoms with E-state index in [0.717, 1.165) is 16.8 Å². The number of carbonyl (C=O) groups is 2. The molecule has 1 atom stereocenters. The lowest BCUT2D eigenvalue weighted by Gasteiger charge is -2.17. The van der Waals surface area contributed by atoms with Gasteiger partial charge in [-0.1, -0.05) is 32.0 Å². The molecule has 0 aliphatic carbocycles. The molecule has 1 amide bonds. The zero-order valence-corrected chi connectivity index (χ0v) is 17.9. The first-order chi connectivity index (χ1) is 15.0. The van der Waals surface area contributed by atoms with Crippen molar-refractivity contribution < 1.29 is 14.3 Å². The lowest BCUT2D eigenvalue weighted by atomic mass is 10.0. The van der Waals surface area contributed by atoms with E-state index in [1.165, 1.54) is 13.2 Å². The van der Waals surface area contributed by atoms with E-state index in [0.29, 0.717) is 12.1 Å². The van der Waals surface area contributed by atoms with Gasteiger partial charge >= 0.3 is 5.97 Å². The number of nitrogens with zero attached hydrogens (tertiary/aromatic N) is 3. The van der Waals surface area contributed by atoms with Crippen LogP contribution in [0.5, 0.6) is 0 Å². The first-order valence-electron chi connectivity index (χ1n) is 10.1. The van der Waals surface area contributed by atoms with Crippen molar-refractivity contribution >= 4 is 18.0 Å². The van der Waals surface area contributed by atoms with Crippen LogP contribution in [0.25, 0.3) is 23.0 Å². The van der Waals surface area contributed by atoms with Gasteiger partial charge in [0.1, 0.15) is 11.7 Å². The smallest absolute Gasteiger partial charge is 0.328 e. The van der Waals surface area contributed by atoms with E-state index < -0.39 is 12.0 Å². The number of hydrogen-bond donors (Lipinski definition) is 1. The molecule has 31 heavy (non-hydrogen) atoms. The normalized spacial score (nSPS) is 12.1. The average molecular weight is 418 g/mol. The molecule has 7 heteroatoms. The first kappa shape index (κ1) is 22.0. The Hall–Kier alpha value is -3.74. The number of amides is 1. The summed E-state index contributed by atoms with van der Waals surface area (Å²) < 4.78 is 6.57. The van der Waals surface area contributed by atoms with Crippen molar-refractivity contribution in [3.63, 3.8) is 0 Å². The Morgan fingerprint density at radius 3 is 2.58 bits per heavy atom. The number of aromatic nitrogens is 3. The predicted molar refractivity (Wildman–Crippen MR) is 119 cm³/mol. The maximum absolute atomic E-state index is 12.5. The summed E-state index contributed by atoms with van der Waals surface area (Å²) in [4.78, 5) is 28.7. The van der Waals surface area contributed by atoms with Gasteiger partial charge in [-0.15, -0.1) is 0 Å². The zero-order chi connectivity index (χ0) is 22.2. The summed E-state index contributed by atoms with van der Waals surface area (Å²) in [6, 6.07) is 12.8. The van der Waals surface area contributed by atoms with E-state index in [1.54, 1.807) is 23.2 Å². The van der Waals surface area contributed by atoms with E-state index in [9.17, 15) is 9.59 Å². The van der Waals surface area contributed by atoms with Crippen LogP contribution in [0.1, 0.15) is 25.8 Å². The summed E-state index contributed by atoms with van der Waals surface area (Å²) in [6.45, 7) is 3.96. The Balaban J connectivity index is 1.87. The van der Waals surface area contributed by atoms with E-state index in [1.807, 2.05) is 62.5 Å². The maximum Gasteiger partial charge on any atom is 0.328 e. The zero-order valence-electron chi connectivity index (χ0n) is 17.9. The number of methoxy groups -OCH3 is 1.